The lowest BCUT2D eigenvalue weighted by Crippen LogP contribution is -2.10. The van der Waals surface area contributed by atoms with Crippen LogP contribution in [0.15, 0.2) is 36.7 Å². The molecule has 0 aliphatic carbocycles. The summed E-state index contributed by atoms with van der Waals surface area (Å²) in [6, 6.07) is 7.38. The lowest BCUT2D eigenvalue weighted by atomic mass is 10.1. The number of halogens is 1. The highest BCUT2D eigenvalue weighted by Crippen LogP contribution is 2.12. The summed E-state index contributed by atoms with van der Waals surface area (Å²) in [5.74, 6) is 0.929. The Hall–Kier alpha value is -1.61. The molecule has 1 aromatic carbocycles. The summed E-state index contributed by atoms with van der Waals surface area (Å²) in [4.78, 5) is 16.0. The van der Waals surface area contributed by atoms with Crippen LogP contribution in [0.3, 0.4) is 0 Å². The van der Waals surface area contributed by atoms with Crippen molar-refractivity contribution in [3.05, 3.63) is 53.1 Å². The molecule has 0 spiro atoms. The van der Waals surface area contributed by atoms with Gasteiger partial charge in [0.05, 0.1) is 6.42 Å². The van der Waals surface area contributed by atoms with Crippen molar-refractivity contribution in [2.45, 2.75) is 12.8 Å². The van der Waals surface area contributed by atoms with Gasteiger partial charge >= 0.3 is 0 Å². The summed E-state index contributed by atoms with van der Waals surface area (Å²) in [6.45, 7) is 0. The lowest BCUT2D eigenvalue weighted by Gasteiger charge is -2.02. The molecule has 0 radical (unpaired) electrons. The minimum absolute atomic E-state index is 0.140. The van der Waals surface area contributed by atoms with Gasteiger partial charge in [0.2, 0.25) is 0 Å². The first-order valence-electron chi connectivity index (χ1n) is 5.37. The van der Waals surface area contributed by atoms with Crippen LogP contribution >= 0.6 is 11.6 Å². The minimum atomic E-state index is 0.140. The van der Waals surface area contributed by atoms with Crippen LogP contribution in [0.2, 0.25) is 5.02 Å². The van der Waals surface area contributed by atoms with Gasteiger partial charge < -0.3 is 4.57 Å². The number of benzene rings is 1. The summed E-state index contributed by atoms with van der Waals surface area (Å²) in [7, 11) is 1.88. The predicted molar refractivity (Wildman–Crippen MR) is 67.1 cm³/mol. The van der Waals surface area contributed by atoms with Gasteiger partial charge in [0.1, 0.15) is 11.6 Å². The summed E-state index contributed by atoms with van der Waals surface area (Å²) in [6.07, 6.45) is 4.29. The second-order valence-corrected chi connectivity index (χ2v) is 4.41. The summed E-state index contributed by atoms with van der Waals surface area (Å²) in [5.41, 5.74) is 0.941. The van der Waals surface area contributed by atoms with E-state index in [4.69, 9.17) is 11.6 Å². The van der Waals surface area contributed by atoms with Crippen LogP contribution in [-0.4, -0.2) is 15.3 Å². The van der Waals surface area contributed by atoms with E-state index in [1.165, 1.54) is 0 Å². The molecule has 0 amide bonds. The van der Waals surface area contributed by atoms with Gasteiger partial charge in [0, 0.05) is 30.9 Å². The van der Waals surface area contributed by atoms with Gasteiger partial charge in [-0.3, -0.25) is 4.79 Å². The zero-order chi connectivity index (χ0) is 12.3. The Balaban J connectivity index is 2.01. The van der Waals surface area contributed by atoms with Crippen molar-refractivity contribution in [2.75, 3.05) is 0 Å². The van der Waals surface area contributed by atoms with E-state index in [0.717, 1.165) is 11.4 Å². The zero-order valence-electron chi connectivity index (χ0n) is 9.56. The number of ketones is 1. The number of carbonyl (C=O) groups is 1. The third-order valence-electron chi connectivity index (χ3n) is 2.57. The van der Waals surface area contributed by atoms with Gasteiger partial charge in [0.25, 0.3) is 0 Å². The van der Waals surface area contributed by atoms with Gasteiger partial charge in [0.15, 0.2) is 0 Å². The summed E-state index contributed by atoms with van der Waals surface area (Å²) in [5, 5.41) is 0.660. The number of aryl methyl sites for hydroxylation is 1. The number of carbonyl (C=O) groups excluding carboxylic acids is 1. The van der Waals surface area contributed by atoms with Gasteiger partial charge in [-0.15, -0.1) is 0 Å². The Kier molecular flexibility index (Phi) is 3.59. The molecule has 0 N–H and O–H groups in total. The Morgan fingerprint density at radius 1 is 1.41 bits per heavy atom. The molecule has 0 saturated heterocycles. The third kappa shape index (κ3) is 3.17. The van der Waals surface area contributed by atoms with E-state index in [1.54, 1.807) is 12.3 Å². The highest BCUT2D eigenvalue weighted by molar-refractivity contribution is 6.30. The van der Waals surface area contributed by atoms with Crippen molar-refractivity contribution in [1.29, 1.82) is 0 Å². The van der Waals surface area contributed by atoms with Crippen LogP contribution in [0, 0.1) is 0 Å². The van der Waals surface area contributed by atoms with E-state index in [2.05, 4.69) is 4.98 Å². The van der Waals surface area contributed by atoms with E-state index in [1.807, 2.05) is 36.0 Å². The van der Waals surface area contributed by atoms with Crippen LogP contribution in [-0.2, 0) is 24.7 Å². The number of aromatic nitrogens is 2. The maximum absolute atomic E-state index is 11.8. The van der Waals surface area contributed by atoms with Crippen molar-refractivity contribution in [2.24, 2.45) is 7.05 Å². The SMILES string of the molecule is Cn1ccnc1CC(=O)Cc1cccc(Cl)c1. The average molecular weight is 249 g/mol. The molecule has 2 aromatic rings. The number of hydrogen-bond acceptors (Lipinski definition) is 2. The number of rotatable bonds is 4. The number of nitrogens with zero attached hydrogens (tertiary/aromatic N) is 2. The second-order valence-electron chi connectivity index (χ2n) is 3.98. The third-order valence-corrected chi connectivity index (χ3v) is 2.80. The maximum Gasteiger partial charge on any atom is 0.144 e. The maximum atomic E-state index is 11.8. The van der Waals surface area contributed by atoms with E-state index in [-0.39, 0.29) is 5.78 Å². The van der Waals surface area contributed by atoms with Crippen LogP contribution in [0.4, 0.5) is 0 Å². The van der Waals surface area contributed by atoms with Gasteiger partial charge in [-0.05, 0) is 17.7 Å². The fourth-order valence-corrected chi connectivity index (χ4v) is 1.89. The van der Waals surface area contributed by atoms with E-state index in [9.17, 15) is 4.79 Å². The minimum Gasteiger partial charge on any atom is -0.338 e. The molecule has 3 nitrogen and oxygen atoms in total. The molecule has 1 heterocycles. The first-order valence-corrected chi connectivity index (χ1v) is 5.75. The standard InChI is InChI=1S/C13H13ClN2O/c1-16-6-5-15-13(16)9-12(17)8-10-3-2-4-11(14)7-10/h2-7H,8-9H2,1H3. The quantitative estimate of drug-likeness (QED) is 0.833. The van der Waals surface area contributed by atoms with Crippen molar-refractivity contribution < 1.29 is 4.79 Å². The molecule has 17 heavy (non-hydrogen) atoms. The predicted octanol–water partition coefficient (Wildman–Crippen LogP) is 2.43. The summed E-state index contributed by atoms with van der Waals surface area (Å²) < 4.78 is 1.86. The highest BCUT2D eigenvalue weighted by Gasteiger charge is 2.08. The lowest BCUT2D eigenvalue weighted by molar-refractivity contribution is -0.117. The first kappa shape index (κ1) is 11.9. The first-order chi connectivity index (χ1) is 8.15. The molecule has 2 rings (SSSR count). The van der Waals surface area contributed by atoms with Crippen LogP contribution in [0.25, 0.3) is 0 Å². The van der Waals surface area contributed by atoms with Gasteiger partial charge in [-0.25, -0.2) is 4.98 Å². The highest BCUT2D eigenvalue weighted by atomic mass is 35.5. The van der Waals surface area contributed by atoms with Gasteiger partial charge in [-0.2, -0.15) is 0 Å². The molecule has 0 unspecified atom stereocenters. The Bertz CT molecular complexity index is 534. The van der Waals surface area contributed by atoms with Crippen LogP contribution < -0.4 is 0 Å². The van der Waals surface area contributed by atoms with Crippen LogP contribution in [0.5, 0.6) is 0 Å². The average Bonchev–Trinajstić information content (AvgIpc) is 2.64. The number of imidazole rings is 1. The van der Waals surface area contributed by atoms with Gasteiger partial charge in [-0.1, -0.05) is 23.7 Å². The monoisotopic (exact) mass is 248 g/mol. The van der Waals surface area contributed by atoms with Crippen LogP contribution in [0.1, 0.15) is 11.4 Å². The van der Waals surface area contributed by atoms with Crippen molar-refractivity contribution >= 4 is 17.4 Å². The number of hydrogen-bond donors (Lipinski definition) is 0. The van der Waals surface area contributed by atoms with E-state index < -0.39 is 0 Å². The topological polar surface area (TPSA) is 34.9 Å². The molecular weight excluding hydrogens is 236 g/mol. The van der Waals surface area contributed by atoms with E-state index >= 15 is 0 Å². The largest absolute Gasteiger partial charge is 0.338 e. The Labute approximate surface area is 105 Å². The number of Topliss-reactive ketones (excluding diaryl/α,β-unsaturated/α-hetero) is 1. The fraction of sp³-hybridized carbons (Fsp3) is 0.231. The summed E-state index contributed by atoms with van der Waals surface area (Å²) >= 11 is 5.87. The second kappa shape index (κ2) is 5.15. The molecule has 0 aliphatic heterocycles. The smallest absolute Gasteiger partial charge is 0.144 e. The molecule has 0 fully saturated rings. The Morgan fingerprint density at radius 2 is 2.24 bits per heavy atom. The molecule has 1 aromatic heterocycles. The molecular formula is C13H13ClN2O. The Morgan fingerprint density at radius 3 is 2.88 bits per heavy atom. The molecule has 4 heteroatoms. The molecule has 0 aliphatic rings. The van der Waals surface area contributed by atoms with E-state index in [0.29, 0.717) is 17.9 Å². The van der Waals surface area contributed by atoms with Crippen molar-refractivity contribution in [1.82, 2.24) is 9.55 Å². The zero-order valence-corrected chi connectivity index (χ0v) is 10.3. The molecule has 0 atom stereocenters. The van der Waals surface area contributed by atoms with Crippen molar-refractivity contribution in [3.8, 4) is 0 Å². The molecule has 0 saturated carbocycles. The normalized spacial score (nSPS) is 10.5. The molecule has 88 valence electrons. The molecule has 0 bridgehead atoms. The van der Waals surface area contributed by atoms with Crippen molar-refractivity contribution in [3.63, 3.8) is 0 Å². The fourth-order valence-electron chi connectivity index (χ4n) is 1.68.